The second kappa shape index (κ2) is 14.3. The van der Waals surface area contributed by atoms with Crippen molar-refractivity contribution < 1.29 is 32.3 Å². The van der Waals surface area contributed by atoms with E-state index in [2.05, 4.69) is 16.3 Å². The fourth-order valence-corrected chi connectivity index (χ4v) is 8.52. The maximum atomic E-state index is 15.1. The number of aryl methyl sites for hydroxylation is 2. The third-order valence-corrected chi connectivity index (χ3v) is 12.2. The van der Waals surface area contributed by atoms with Crippen LogP contribution in [0.3, 0.4) is 0 Å². The summed E-state index contributed by atoms with van der Waals surface area (Å²) in [6.45, 7) is 11.2. The molecule has 1 aromatic carbocycles. The molecule has 3 aromatic rings. The van der Waals surface area contributed by atoms with Crippen molar-refractivity contribution in [2.75, 3.05) is 37.5 Å². The third-order valence-electron chi connectivity index (χ3n) is 10.4. The van der Waals surface area contributed by atoms with Gasteiger partial charge < -0.3 is 20.1 Å². The molecule has 2 aliphatic carbocycles. The molecule has 0 radical (unpaired) electrons. The highest BCUT2D eigenvalue weighted by Gasteiger charge is 2.67. The number of benzene rings is 1. The Labute approximate surface area is 310 Å². The van der Waals surface area contributed by atoms with Gasteiger partial charge in [-0.05, 0) is 86.4 Å². The molecular formula is C38H49N7O7S. The number of pyridine rings is 2. The molecular weight excluding hydrogens is 699 g/mol. The molecule has 3 fully saturated rings. The second-order valence-electron chi connectivity index (χ2n) is 15.0. The molecule has 53 heavy (non-hydrogen) atoms. The number of nitrogens with zero attached hydrogens (tertiary/aromatic N) is 5. The minimum Gasteiger partial charge on any atom is -0.497 e. The summed E-state index contributed by atoms with van der Waals surface area (Å²) in [7, 11) is 1.38. The van der Waals surface area contributed by atoms with E-state index in [1.807, 2.05) is 50.2 Å². The predicted octanol–water partition coefficient (Wildman–Crippen LogP) is 3.24. The summed E-state index contributed by atoms with van der Waals surface area (Å²) < 4.78 is 40.6. The summed E-state index contributed by atoms with van der Waals surface area (Å²) in [6, 6.07) is 8.76. The quantitative estimate of drug-likeness (QED) is 0.245. The number of sulfonamides is 1. The molecule has 14 nitrogen and oxygen atoms in total. The van der Waals surface area contributed by atoms with Gasteiger partial charge in [-0.25, -0.2) is 18.3 Å². The van der Waals surface area contributed by atoms with E-state index in [9.17, 15) is 18.0 Å². The number of methoxy groups -OCH3 is 1. The zero-order chi connectivity index (χ0) is 38.6. The summed E-state index contributed by atoms with van der Waals surface area (Å²) in [5, 5.41) is 0.880. The van der Waals surface area contributed by atoms with Crippen LogP contribution >= 0.6 is 0 Å². The fraction of sp³-hybridized carbons (Fsp3) is 0.500. The van der Waals surface area contributed by atoms with Gasteiger partial charge in [-0.1, -0.05) is 19.9 Å². The Morgan fingerprint density at radius 2 is 1.81 bits per heavy atom. The summed E-state index contributed by atoms with van der Waals surface area (Å²) in [5.41, 5.74) is 6.34. The molecule has 0 spiro atoms. The van der Waals surface area contributed by atoms with Crippen molar-refractivity contribution in [1.82, 2.24) is 19.6 Å². The highest BCUT2D eigenvalue weighted by molar-refractivity contribution is 7.91. The molecule has 3 N–H and O–H groups in total. The number of imide groups is 1. The summed E-state index contributed by atoms with van der Waals surface area (Å²) in [5.74, 6) is -1.11. The van der Waals surface area contributed by atoms with Crippen molar-refractivity contribution in [2.45, 2.75) is 82.4 Å². The Morgan fingerprint density at radius 3 is 2.40 bits per heavy atom. The molecule has 15 heteroatoms. The number of aromatic nitrogens is 2. The number of ether oxygens (including phenoxy) is 2. The van der Waals surface area contributed by atoms with E-state index >= 15 is 4.79 Å². The average molecular weight is 748 g/mol. The molecule has 6 rings (SSSR count). The van der Waals surface area contributed by atoms with Gasteiger partial charge in [-0.3, -0.25) is 24.0 Å². The van der Waals surface area contributed by atoms with Crippen molar-refractivity contribution >= 4 is 50.2 Å². The van der Waals surface area contributed by atoms with Crippen LogP contribution in [0.15, 0.2) is 49.1 Å². The zero-order valence-corrected chi connectivity index (χ0v) is 32.1. The van der Waals surface area contributed by atoms with Gasteiger partial charge in [0.2, 0.25) is 15.9 Å². The van der Waals surface area contributed by atoms with Crippen molar-refractivity contribution in [3.05, 3.63) is 60.3 Å². The van der Waals surface area contributed by atoms with Crippen molar-refractivity contribution in [1.29, 1.82) is 0 Å². The molecule has 2 aromatic heterocycles. The van der Waals surface area contributed by atoms with Crippen molar-refractivity contribution in [3.63, 3.8) is 0 Å². The molecule has 3 heterocycles. The summed E-state index contributed by atoms with van der Waals surface area (Å²) in [4.78, 5) is 57.4. The van der Waals surface area contributed by atoms with Crippen molar-refractivity contribution in [2.24, 2.45) is 17.6 Å². The number of nitrogens with one attached hydrogen (secondary N) is 1. The van der Waals surface area contributed by atoms with Crippen LogP contribution in [-0.4, -0.2) is 97.7 Å². The maximum absolute atomic E-state index is 15.1. The number of hydrogen-bond donors (Lipinski definition) is 2. The maximum Gasteiger partial charge on any atom is 0.254 e. The van der Waals surface area contributed by atoms with E-state index < -0.39 is 62.6 Å². The minimum absolute atomic E-state index is 0.0434. The molecule has 0 unspecified atom stereocenters. The number of rotatable bonds is 13. The van der Waals surface area contributed by atoms with E-state index in [-0.39, 0.29) is 31.1 Å². The van der Waals surface area contributed by atoms with E-state index in [4.69, 9.17) is 20.2 Å². The molecule has 3 amide bonds. The molecule has 0 bridgehead atoms. The largest absolute Gasteiger partial charge is 0.497 e. The molecule has 1 aliphatic heterocycles. The van der Waals surface area contributed by atoms with Gasteiger partial charge in [0.05, 0.1) is 24.4 Å². The SMILES string of the molecule is C=C[C@@H]1C[C@@]1(C(=O)NS(=O)(=O)C1CC1)N1C[C@H](Oc2nc(N(C)C)cc3cc(OC)ccc23)C[C@H]1C(=O)N(C(=O)[C@@H](N)C(C)C)c1cc(C)cc(C)n1. The Morgan fingerprint density at radius 1 is 1.09 bits per heavy atom. The van der Waals surface area contributed by atoms with Crippen LogP contribution in [0.25, 0.3) is 10.8 Å². The smallest absolute Gasteiger partial charge is 0.254 e. The number of amides is 3. The molecule has 3 aliphatic rings. The van der Waals surface area contributed by atoms with E-state index in [0.29, 0.717) is 41.4 Å². The van der Waals surface area contributed by atoms with Gasteiger partial charge in [0, 0.05) is 44.1 Å². The normalized spacial score (nSPS) is 23.4. The number of anilines is 2. The second-order valence-corrected chi connectivity index (χ2v) is 16.9. The lowest BCUT2D eigenvalue weighted by molar-refractivity contribution is -0.133. The van der Waals surface area contributed by atoms with Crippen LogP contribution < -0.4 is 29.7 Å². The van der Waals surface area contributed by atoms with E-state index in [1.165, 1.54) is 0 Å². The van der Waals surface area contributed by atoms with Gasteiger partial charge in [0.25, 0.3) is 17.7 Å². The van der Waals surface area contributed by atoms with E-state index in [1.54, 1.807) is 51.0 Å². The van der Waals surface area contributed by atoms with E-state index in [0.717, 1.165) is 15.8 Å². The fourth-order valence-electron chi connectivity index (χ4n) is 7.16. The topological polar surface area (TPSA) is 177 Å². The van der Waals surface area contributed by atoms with Crippen LogP contribution in [0.2, 0.25) is 0 Å². The Bertz CT molecular complexity index is 2050. The highest BCUT2D eigenvalue weighted by atomic mass is 32.2. The van der Waals surface area contributed by atoms with Crippen LogP contribution in [0.5, 0.6) is 11.6 Å². The lowest BCUT2D eigenvalue weighted by atomic mass is 10.0. The van der Waals surface area contributed by atoms with Gasteiger partial charge in [0.15, 0.2) is 0 Å². The molecule has 284 valence electrons. The summed E-state index contributed by atoms with van der Waals surface area (Å²) in [6.07, 6.45) is 2.09. The Balaban J connectivity index is 1.45. The third kappa shape index (κ3) is 7.34. The number of nitrogens with two attached hydrogens (primary N) is 1. The van der Waals surface area contributed by atoms with Crippen LogP contribution in [0, 0.1) is 25.7 Å². The zero-order valence-electron chi connectivity index (χ0n) is 31.3. The minimum atomic E-state index is -3.93. The molecule has 2 saturated carbocycles. The first-order valence-corrected chi connectivity index (χ1v) is 19.4. The monoisotopic (exact) mass is 747 g/mol. The van der Waals surface area contributed by atoms with Crippen LogP contribution in [0.1, 0.15) is 50.8 Å². The number of carbonyl (C=O) groups excluding carboxylic acids is 3. The number of carbonyl (C=O) groups is 3. The number of likely N-dealkylation sites (tertiary alicyclic amines) is 1. The van der Waals surface area contributed by atoms with Gasteiger partial charge in [0.1, 0.15) is 29.0 Å². The van der Waals surface area contributed by atoms with Crippen LogP contribution in [0.4, 0.5) is 11.6 Å². The Hall–Kier alpha value is -4.60. The lowest BCUT2D eigenvalue weighted by Crippen LogP contribution is -2.60. The van der Waals surface area contributed by atoms with Crippen molar-refractivity contribution in [3.8, 4) is 11.6 Å². The molecule has 5 atom stereocenters. The van der Waals surface area contributed by atoms with Gasteiger partial charge in [-0.2, -0.15) is 4.98 Å². The lowest BCUT2D eigenvalue weighted by Gasteiger charge is -2.35. The first-order chi connectivity index (χ1) is 25.0. The highest BCUT2D eigenvalue weighted by Crippen LogP contribution is 2.53. The van der Waals surface area contributed by atoms with Gasteiger partial charge >= 0.3 is 0 Å². The average Bonchev–Trinajstić information content (AvgIpc) is 4.03. The first kappa shape index (κ1) is 38.1. The van der Waals surface area contributed by atoms with Crippen LogP contribution in [-0.2, 0) is 24.4 Å². The van der Waals surface area contributed by atoms with Gasteiger partial charge in [-0.15, -0.1) is 6.58 Å². The number of hydrogen-bond acceptors (Lipinski definition) is 12. The first-order valence-electron chi connectivity index (χ1n) is 17.9. The summed E-state index contributed by atoms with van der Waals surface area (Å²) >= 11 is 0. The number of fused-ring (bicyclic) bond motifs is 1. The molecule has 1 saturated heterocycles. The Kier molecular flexibility index (Phi) is 10.3. The standard InChI is InChI=1S/C38H49N7O7S/c1-9-25-19-38(25,37(48)42-53(49,50)28-11-12-28)44-20-27(52-34-29-13-10-26(51-8)16-24(29)17-31(41-34)43(6)7)18-30(44)35(46)45(36(47)33(39)21(2)3)32-15-22(4)14-23(5)40-32/h9-10,13-17,21,25,27-28,30,33H,1,11-12,18-20,39H2,2-8H3,(H,42,48)/t25-,27-,30+,33+,38-/m1/s1. The predicted molar refractivity (Wildman–Crippen MR) is 202 cm³/mol.